The van der Waals surface area contributed by atoms with E-state index in [1.54, 1.807) is 7.11 Å². The maximum absolute atomic E-state index is 12.4. The highest BCUT2D eigenvalue weighted by Crippen LogP contribution is 2.23. The summed E-state index contributed by atoms with van der Waals surface area (Å²) in [7, 11) is 3.84. The summed E-state index contributed by atoms with van der Waals surface area (Å²) in [4.78, 5) is 16.6. The molecule has 0 aromatic heterocycles. The van der Waals surface area contributed by atoms with Crippen LogP contribution >= 0.6 is 0 Å². The molecule has 0 spiro atoms. The first-order chi connectivity index (χ1) is 12.7. The van der Waals surface area contributed by atoms with Gasteiger partial charge in [0.05, 0.1) is 13.2 Å². The van der Waals surface area contributed by atoms with Gasteiger partial charge < -0.3 is 24.6 Å². The van der Waals surface area contributed by atoms with Crippen molar-refractivity contribution >= 4 is 6.03 Å². The van der Waals surface area contributed by atoms with Crippen LogP contribution in [-0.4, -0.2) is 68.9 Å². The van der Waals surface area contributed by atoms with Crippen molar-refractivity contribution in [3.8, 4) is 5.75 Å². The van der Waals surface area contributed by atoms with Gasteiger partial charge in [0.15, 0.2) is 0 Å². The Morgan fingerprint density at radius 1 is 1.23 bits per heavy atom. The predicted octanol–water partition coefficient (Wildman–Crippen LogP) is 2.26. The molecule has 3 rings (SSSR count). The summed E-state index contributed by atoms with van der Waals surface area (Å²) in [5.41, 5.74) is 2.48. The summed E-state index contributed by atoms with van der Waals surface area (Å²) in [5.74, 6) is 0.881. The number of likely N-dealkylation sites (tertiary alicyclic amines) is 1. The zero-order chi connectivity index (χ0) is 18.4. The molecule has 0 atom stereocenters. The molecule has 1 N–H and O–H groups in total. The van der Waals surface area contributed by atoms with Crippen LogP contribution in [0.1, 0.15) is 30.4 Å². The van der Waals surface area contributed by atoms with E-state index in [4.69, 9.17) is 9.47 Å². The van der Waals surface area contributed by atoms with Crippen LogP contribution in [0.5, 0.6) is 5.75 Å². The molecule has 6 nitrogen and oxygen atoms in total. The maximum Gasteiger partial charge on any atom is 0.317 e. The number of nitrogens with one attached hydrogen (secondary N) is 1. The molecule has 0 bridgehead atoms. The zero-order valence-corrected chi connectivity index (χ0v) is 16.0. The number of urea groups is 1. The number of nitrogens with zero attached hydrogens (tertiary/aromatic N) is 2. The Hall–Kier alpha value is -1.79. The molecule has 2 heterocycles. The van der Waals surface area contributed by atoms with Crippen LogP contribution in [0.25, 0.3) is 0 Å². The number of amides is 2. The third-order valence-electron chi connectivity index (χ3n) is 5.33. The first kappa shape index (κ1) is 19.0. The van der Waals surface area contributed by atoms with Gasteiger partial charge in [-0.3, -0.25) is 0 Å². The molecular weight excluding hydrogens is 330 g/mol. The number of benzene rings is 1. The molecule has 2 amide bonds. The van der Waals surface area contributed by atoms with Crippen molar-refractivity contribution in [1.29, 1.82) is 0 Å². The van der Waals surface area contributed by atoms with E-state index in [0.29, 0.717) is 19.2 Å². The molecule has 0 unspecified atom stereocenters. The van der Waals surface area contributed by atoms with Gasteiger partial charge in [0, 0.05) is 39.3 Å². The molecule has 0 radical (unpaired) electrons. The second-order valence-electron chi connectivity index (χ2n) is 7.27. The third kappa shape index (κ3) is 5.11. The van der Waals surface area contributed by atoms with Crippen molar-refractivity contribution in [2.75, 3.05) is 46.9 Å². The van der Waals surface area contributed by atoms with Crippen molar-refractivity contribution < 1.29 is 14.3 Å². The Balaban J connectivity index is 1.34. The highest BCUT2D eigenvalue weighted by atomic mass is 16.5. The molecule has 1 fully saturated rings. The van der Waals surface area contributed by atoms with E-state index in [-0.39, 0.29) is 6.03 Å². The van der Waals surface area contributed by atoms with Crippen LogP contribution in [0.15, 0.2) is 18.2 Å². The second-order valence-corrected chi connectivity index (χ2v) is 7.27. The van der Waals surface area contributed by atoms with E-state index in [1.165, 1.54) is 11.1 Å². The minimum absolute atomic E-state index is 0.0192. The number of piperidine rings is 1. The van der Waals surface area contributed by atoms with Crippen molar-refractivity contribution in [3.63, 3.8) is 0 Å². The topological polar surface area (TPSA) is 54.0 Å². The van der Waals surface area contributed by atoms with Gasteiger partial charge in [-0.05, 0) is 56.0 Å². The first-order valence-corrected chi connectivity index (χ1v) is 9.64. The standard InChI is InChI=1S/C20H31N3O3/c1-22-10-7-18(8-11-22)26-13-3-9-21-20(24)23-12-6-16-14-19(25-2)5-4-17(16)15-23/h4-5,14,18H,3,6-13,15H2,1-2H3,(H,21,24). The monoisotopic (exact) mass is 361 g/mol. The van der Waals surface area contributed by atoms with Crippen LogP contribution in [-0.2, 0) is 17.7 Å². The van der Waals surface area contributed by atoms with Gasteiger partial charge in [-0.15, -0.1) is 0 Å². The molecule has 1 aromatic rings. The average Bonchev–Trinajstić information content (AvgIpc) is 2.68. The molecule has 1 aromatic carbocycles. The van der Waals surface area contributed by atoms with Crippen LogP contribution in [0.4, 0.5) is 4.79 Å². The fourth-order valence-corrected chi connectivity index (χ4v) is 3.61. The fraction of sp³-hybridized carbons (Fsp3) is 0.650. The molecule has 2 aliphatic rings. The second kappa shape index (κ2) is 9.24. The quantitative estimate of drug-likeness (QED) is 0.790. The van der Waals surface area contributed by atoms with Crippen molar-refractivity contribution in [2.45, 2.75) is 38.3 Å². The van der Waals surface area contributed by atoms with Gasteiger partial charge in [-0.2, -0.15) is 0 Å². The van der Waals surface area contributed by atoms with Crippen LogP contribution in [0.3, 0.4) is 0 Å². The lowest BCUT2D eigenvalue weighted by atomic mass is 10.00. The first-order valence-electron chi connectivity index (χ1n) is 9.64. The summed E-state index contributed by atoms with van der Waals surface area (Å²) in [5, 5.41) is 3.02. The number of methoxy groups -OCH3 is 1. The maximum atomic E-state index is 12.4. The van der Waals surface area contributed by atoms with E-state index in [1.807, 2.05) is 11.0 Å². The van der Waals surface area contributed by atoms with Gasteiger partial charge >= 0.3 is 6.03 Å². The lowest BCUT2D eigenvalue weighted by molar-refractivity contribution is 0.0117. The smallest absolute Gasteiger partial charge is 0.317 e. The van der Waals surface area contributed by atoms with Gasteiger partial charge in [0.2, 0.25) is 0 Å². The summed E-state index contributed by atoms with van der Waals surface area (Å²) < 4.78 is 11.2. The number of fused-ring (bicyclic) bond motifs is 1. The predicted molar refractivity (Wildman–Crippen MR) is 102 cm³/mol. The molecule has 6 heteroatoms. The van der Waals surface area contributed by atoms with Gasteiger partial charge in [-0.25, -0.2) is 4.79 Å². The Morgan fingerprint density at radius 2 is 2.04 bits per heavy atom. The zero-order valence-electron chi connectivity index (χ0n) is 16.0. The van der Waals surface area contributed by atoms with E-state index in [2.05, 4.69) is 29.4 Å². The number of rotatable bonds is 6. The minimum atomic E-state index is 0.0192. The lowest BCUT2D eigenvalue weighted by Gasteiger charge is -2.29. The number of hydrogen-bond donors (Lipinski definition) is 1. The fourth-order valence-electron chi connectivity index (χ4n) is 3.61. The molecule has 144 valence electrons. The lowest BCUT2D eigenvalue weighted by Crippen LogP contribution is -2.43. The molecule has 0 saturated carbocycles. The van der Waals surface area contributed by atoms with E-state index >= 15 is 0 Å². The Labute approximate surface area is 156 Å². The number of carbonyl (C=O) groups excluding carboxylic acids is 1. The Bertz CT molecular complexity index is 600. The number of hydrogen-bond acceptors (Lipinski definition) is 4. The van der Waals surface area contributed by atoms with Crippen molar-refractivity contribution in [2.24, 2.45) is 0 Å². The van der Waals surface area contributed by atoms with E-state index in [9.17, 15) is 4.79 Å². The normalized spacial score (nSPS) is 18.5. The Morgan fingerprint density at radius 3 is 2.81 bits per heavy atom. The summed E-state index contributed by atoms with van der Waals surface area (Å²) in [6.07, 6.45) is 4.35. The summed E-state index contributed by atoms with van der Waals surface area (Å²) >= 11 is 0. The SMILES string of the molecule is COc1ccc2c(c1)CCN(C(=O)NCCCOC1CCN(C)CC1)C2. The summed E-state index contributed by atoms with van der Waals surface area (Å²) in [6.45, 7) is 5.03. The number of ether oxygens (including phenoxy) is 2. The number of carbonyl (C=O) groups is 1. The van der Waals surface area contributed by atoms with Gasteiger partial charge in [0.1, 0.15) is 5.75 Å². The van der Waals surface area contributed by atoms with Gasteiger partial charge in [-0.1, -0.05) is 6.07 Å². The molecule has 26 heavy (non-hydrogen) atoms. The van der Waals surface area contributed by atoms with Crippen LogP contribution < -0.4 is 10.1 Å². The highest BCUT2D eigenvalue weighted by molar-refractivity contribution is 5.74. The molecule has 0 aliphatic carbocycles. The molecule has 1 saturated heterocycles. The molecule has 2 aliphatic heterocycles. The largest absolute Gasteiger partial charge is 0.497 e. The van der Waals surface area contributed by atoms with Crippen LogP contribution in [0.2, 0.25) is 0 Å². The third-order valence-corrected chi connectivity index (χ3v) is 5.33. The highest BCUT2D eigenvalue weighted by Gasteiger charge is 2.21. The van der Waals surface area contributed by atoms with E-state index < -0.39 is 0 Å². The Kier molecular flexibility index (Phi) is 6.74. The average molecular weight is 361 g/mol. The summed E-state index contributed by atoms with van der Waals surface area (Å²) in [6, 6.07) is 6.11. The van der Waals surface area contributed by atoms with Gasteiger partial charge in [0.25, 0.3) is 0 Å². The van der Waals surface area contributed by atoms with Crippen LogP contribution in [0, 0.1) is 0 Å². The minimum Gasteiger partial charge on any atom is -0.497 e. The van der Waals surface area contributed by atoms with E-state index in [0.717, 1.165) is 57.7 Å². The molecular formula is C20H31N3O3. The van der Waals surface area contributed by atoms with Crippen molar-refractivity contribution in [3.05, 3.63) is 29.3 Å². The van der Waals surface area contributed by atoms with Crippen molar-refractivity contribution in [1.82, 2.24) is 15.1 Å².